The monoisotopic (exact) mass is 196 g/mol. The summed E-state index contributed by atoms with van der Waals surface area (Å²) in [5, 5.41) is 11.6. The van der Waals surface area contributed by atoms with Gasteiger partial charge in [0.05, 0.1) is 6.61 Å². The number of nitrogens with one attached hydrogen (secondary N) is 1. The summed E-state index contributed by atoms with van der Waals surface area (Å²) in [6, 6.07) is 4.80. The topological polar surface area (TPSA) is 71.5 Å². The number of aromatic carboxylic acids is 1. The molecule has 0 aliphatic carbocycles. The molecule has 0 aliphatic rings. The van der Waals surface area contributed by atoms with Crippen LogP contribution in [-0.2, 0) is 4.74 Å². The van der Waals surface area contributed by atoms with Crippen molar-refractivity contribution in [2.24, 2.45) is 0 Å². The van der Waals surface area contributed by atoms with Gasteiger partial charge in [0.2, 0.25) is 0 Å². The highest BCUT2D eigenvalue weighted by Gasteiger charge is 2.03. The molecule has 0 fully saturated rings. The zero-order chi connectivity index (χ0) is 10.4. The number of methoxy groups -OCH3 is 1. The average molecular weight is 196 g/mol. The molecule has 5 nitrogen and oxygen atoms in total. The molecule has 0 saturated carbocycles. The molecule has 1 heterocycles. The highest BCUT2D eigenvalue weighted by Crippen LogP contribution is 2.03. The van der Waals surface area contributed by atoms with E-state index in [4.69, 9.17) is 9.84 Å². The number of anilines is 1. The fourth-order valence-corrected chi connectivity index (χ4v) is 0.933. The molecular formula is C9H12N2O3. The number of carboxylic acid groups (broad SMARTS) is 1. The summed E-state index contributed by atoms with van der Waals surface area (Å²) in [5.41, 5.74) is 0.0346. The first-order chi connectivity index (χ1) is 6.74. The fourth-order valence-electron chi connectivity index (χ4n) is 0.933. The zero-order valence-corrected chi connectivity index (χ0v) is 7.86. The second-order valence-corrected chi connectivity index (χ2v) is 2.63. The lowest BCUT2D eigenvalue weighted by molar-refractivity contribution is 0.0690. The molecule has 0 atom stereocenters. The number of ether oxygens (including phenoxy) is 1. The molecule has 1 rings (SSSR count). The number of carboxylic acids is 1. The Morgan fingerprint density at radius 1 is 1.64 bits per heavy atom. The molecule has 0 spiro atoms. The van der Waals surface area contributed by atoms with Crippen molar-refractivity contribution in [3.05, 3.63) is 23.9 Å². The molecule has 5 heteroatoms. The van der Waals surface area contributed by atoms with Crippen molar-refractivity contribution in [1.82, 2.24) is 4.98 Å². The van der Waals surface area contributed by atoms with Gasteiger partial charge in [-0.05, 0) is 12.1 Å². The second kappa shape index (κ2) is 5.18. The second-order valence-electron chi connectivity index (χ2n) is 2.63. The van der Waals surface area contributed by atoms with Gasteiger partial charge in [-0.15, -0.1) is 0 Å². The minimum atomic E-state index is -1.03. The highest BCUT2D eigenvalue weighted by molar-refractivity contribution is 5.85. The maximum Gasteiger partial charge on any atom is 0.354 e. The summed E-state index contributed by atoms with van der Waals surface area (Å²) < 4.78 is 4.83. The summed E-state index contributed by atoms with van der Waals surface area (Å²) in [6.45, 7) is 1.16. The van der Waals surface area contributed by atoms with E-state index in [9.17, 15) is 4.79 Å². The molecular weight excluding hydrogens is 184 g/mol. The Morgan fingerprint density at radius 2 is 2.43 bits per heavy atom. The Morgan fingerprint density at radius 3 is 3.07 bits per heavy atom. The molecule has 0 radical (unpaired) electrons. The van der Waals surface area contributed by atoms with Gasteiger partial charge in [-0.1, -0.05) is 6.07 Å². The molecule has 1 aromatic heterocycles. The van der Waals surface area contributed by atoms with Gasteiger partial charge < -0.3 is 15.2 Å². The predicted octanol–water partition coefficient (Wildman–Crippen LogP) is 0.838. The standard InChI is InChI=1S/C9H12N2O3/c1-14-6-5-10-8-4-2-3-7(11-8)9(12)13/h2-4H,5-6H2,1H3,(H,10,11)(H,12,13). The van der Waals surface area contributed by atoms with Crippen LogP contribution in [0, 0.1) is 0 Å². The van der Waals surface area contributed by atoms with Crippen LogP contribution in [0.3, 0.4) is 0 Å². The quantitative estimate of drug-likeness (QED) is 0.683. The van der Waals surface area contributed by atoms with Crippen molar-refractivity contribution < 1.29 is 14.6 Å². The lowest BCUT2D eigenvalue weighted by Crippen LogP contribution is -2.10. The van der Waals surface area contributed by atoms with Crippen molar-refractivity contribution in [2.75, 3.05) is 25.6 Å². The van der Waals surface area contributed by atoms with E-state index < -0.39 is 5.97 Å². The fraction of sp³-hybridized carbons (Fsp3) is 0.333. The largest absolute Gasteiger partial charge is 0.477 e. The Bertz CT molecular complexity index is 315. The van der Waals surface area contributed by atoms with Crippen LogP contribution in [0.15, 0.2) is 18.2 Å². The van der Waals surface area contributed by atoms with Crippen molar-refractivity contribution >= 4 is 11.8 Å². The van der Waals surface area contributed by atoms with Gasteiger partial charge in [-0.3, -0.25) is 0 Å². The van der Waals surface area contributed by atoms with Crippen LogP contribution >= 0.6 is 0 Å². The Kier molecular flexibility index (Phi) is 3.87. The summed E-state index contributed by atoms with van der Waals surface area (Å²) >= 11 is 0. The van der Waals surface area contributed by atoms with Gasteiger partial charge in [0.25, 0.3) is 0 Å². The van der Waals surface area contributed by atoms with Crippen molar-refractivity contribution in [2.45, 2.75) is 0 Å². The van der Waals surface area contributed by atoms with Gasteiger partial charge in [0, 0.05) is 13.7 Å². The number of carbonyl (C=O) groups is 1. The van der Waals surface area contributed by atoms with Crippen LogP contribution in [-0.4, -0.2) is 36.3 Å². The van der Waals surface area contributed by atoms with E-state index in [1.165, 1.54) is 6.07 Å². The van der Waals surface area contributed by atoms with E-state index in [-0.39, 0.29) is 5.69 Å². The van der Waals surface area contributed by atoms with E-state index >= 15 is 0 Å². The Hall–Kier alpha value is -1.62. The Balaban J connectivity index is 2.59. The molecule has 0 aromatic carbocycles. The zero-order valence-electron chi connectivity index (χ0n) is 7.86. The molecule has 0 saturated heterocycles. The summed E-state index contributed by atoms with van der Waals surface area (Å²) in [4.78, 5) is 14.4. The van der Waals surface area contributed by atoms with E-state index in [1.54, 1.807) is 19.2 Å². The number of hydrogen-bond donors (Lipinski definition) is 2. The molecule has 76 valence electrons. The highest BCUT2D eigenvalue weighted by atomic mass is 16.5. The number of rotatable bonds is 5. The van der Waals surface area contributed by atoms with Gasteiger partial charge in [0.1, 0.15) is 5.82 Å². The van der Waals surface area contributed by atoms with E-state index in [2.05, 4.69) is 10.3 Å². The van der Waals surface area contributed by atoms with Crippen LogP contribution in [0.4, 0.5) is 5.82 Å². The third-order valence-electron chi connectivity index (χ3n) is 1.58. The first-order valence-electron chi connectivity index (χ1n) is 4.17. The van der Waals surface area contributed by atoms with Crippen LogP contribution in [0.5, 0.6) is 0 Å². The molecule has 14 heavy (non-hydrogen) atoms. The lowest BCUT2D eigenvalue weighted by atomic mass is 10.3. The first-order valence-corrected chi connectivity index (χ1v) is 4.17. The minimum absolute atomic E-state index is 0.0346. The van der Waals surface area contributed by atoms with Crippen LogP contribution in [0.2, 0.25) is 0 Å². The Labute approximate surface area is 81.7 Å². The van der Waals surface area contributed by atoms with E-state index in [1.807, 2.05) is 0 Å². The predicted molar refractivity (Wildman–Crippen MR) is 51.6 cm³/mol. The van der Waals surface area contributed by atoms with Crippen molar-refractivity contribution in [3.8, 4) is 0 Å². The lowest BCUT2D eigenvalue weighted by Gasteiger charge is -2.04. The molecule has 0 aliphatic heterocycles. The van der Waals surface area contributed by atoms with Crippen LogP contribution < -0.4 is 5.32 Å². The average Bonchev–Trinajstić information content (AvgIpc) is 2.19. The smallest absolute Gasteiger partial charge is 0.354 e. The third-order valence-corrected chi connectivity index (χ3v) is 1.58. The van der Waals surface area contributed by atoms with Crippen LogP contribution in [0.25, 0.3) is 0 Å². The molecule has 0 unspecified atom stereocenters. The molecule has 2 N–H and O–H groups in total. The molecule has 1 aromatic rings. The summed E-state index contributed by atoms with van der Waals surface area (Å²) in [7, 11) is 1.60. The number of nitrogens with zero attached hydrogens (tertiary/aromatic N) is 1. The molecule has 0 bridgehead atoms. The van der Waals surface area contributed by atoms with Gasteiger partial charge in [0.15, 0.2) is 5.69 Å². The minimum Gasteiger partial charge on any atom is -0.477 e. The van der Waals surface area contributed by atoms with E-state index in [0.29, 0.717) is 19.0 Å². The normalized spacial score (nSPS) is 9.79. The van der Waals surface area contributed by atoms with Crippen molar-refractivity contribution in [1.29, 1.82) is 0 Å². The van der Waals surface area contributed by atoms with Gasteiger partial charge in [-0.2, -0.15) is 0 Å². The number of hydrogen-bond acceptors (Lipinski definition) is 4. The number of pyridine rings is 1. The van der Waals surface area contributed by atoms with E-state index in [0.717, 1.165) is 0 Å². The maximum absolute atomic E-state index is 10.6. The summed E-state index contributed by atoms with van der Waals surface area (Å²) in [5.74, 6) is -0.484. The van der Waals surface area contributed by atoms with Crippen LogP contribution in [0.1, 0.15) is 10.5 Å². The third kappa shape index (κ3) is 3.02. The maximum atomic E-state index is 10.6. The first kappa shape index (κ1) is 10.5. The van der Waals surface area contributed by atoms with Gasteiger partial charge >= 0.3 is 5.97 Å². The summed E-state index contributed by atoms with van der Waals surface area (Å²) in [6.07, 6.45) is 0. The molecule has 0 amide bonds. The van der Waals surface area contributed by atoms with Crippen molar-refractivity contribution in [3.63, 3.8) is 0 Å². The SMILES string of the molecule is COCCNc1cccc(C(=O)O)n1. The van der Waals surface area contributed by atoms with Gasteiger partial charge in [-0.25, -0.2) is 9.78 Å². The number of aromatic nitrogens is 1.